The van der Waals surface area contributed by atoms with Crippen molar-refractivity contribution in [1.82, 2.24) is 19.7 Å². The van der Waals surface area contributed by atoms with Gasteiger partial charge in [-0.3, -0.25) is 9.59 Å². The maximum atomic E-state index is 13.9. The van der Waals surface area contributed by atoms with Gasteiger partial charge in [0.1, 0.15) is 11.2 Å². The molecule has 186 valence electrons. The first kappa shape index (κ1) is 23.5. The molecule has 34 heavy (non-hydrogen) atoms. The fourth-order valence-electron chi connectivity index (χ4n) is 6.44. The van der Waals surface area contributed by atoms with Gasteiger partial charge in [0, 0.05) is 37.3 Å². The van der Waals surface area contributed by atoms with Crippen molar-refractivity contribution in [3.8, 4) is 0 Å². The van der Waals surface area contributed by atoms with Gasteiger partial charge in [-0.15, -0.1) is 0 Å². The number of rotatable bonds is 6. The van der Waals surface area contributed by atoms with E-state index in [4.69, 9.17) is 4.42 Å². The Labute approximate surface area is 202 Å². The predicted molar refractivity (Wildman–Crippen MR) is 133 cm³/mol. The van der Waals surface area contributed by atoms with E-state index >= 15 is 0 Å². The SMILES string of the molecule is C[C@@H]1CCCC[C@H]1NC(=O)[C@]1(C)Cn2c(cc3occc32)C(=O)N1CCN(C)C1CCCCC1. The maximum Gasteiger partial charge on any atom is 0.271 e. The van der Waals surface area contributed by atoms with Gasteiger partial charge in [-0.2, -0.15) is 0 Å². The smallest absolute Gasteiger partial charge is 0.271 e. The molecule has 0 bridgehead atoms. The van der Waals surface area contributed by atoms with E-state index in [0.717, 1.165) is 31.3 Å². The molecule has 1 N–H and O–H groups in total. The van der Waals surface area contributed by atoms with Crippen LogP contribution in [0.3, 0.4) is 0 Å². The monoisotopic (exact) mass is 468 g/mol. The van der Waals surface area contributed by atoms with Crippen LogP contribution in [0.1, 0.15) is 82.1 Å². The molecule has 2 aromatic rings. The first-order chi connectivity index (χ1) is 16.4. The van der Waals surface area contributed by atoms with Crippen LogP contribution >= 0.6 is 0 Å². The van der Waals surface area contributed by atoms with Gasteiger partial charge in [-0.1, -0.05) is 39.0 Å². The van der Waals surface area contributed by atoms with Crippen molar-refractivity contribution in [3.63, 3.8) is 0 Å². The number of carbonyl (C=O) groups excluding carboxylic acids is 2. The standard InChI is InChI=1S/C27H40N4O3/c1-19-9-7-8-12-21(19)28-26(33)27(2)18-30-22-13-16-34-24(22)17-23(30)25(32)31(27)15-14-29(3)20-10-5-4-6-11-20/h13,16-17,19-21H,4-12,14-15,18H2,1-3H3,(H,28,33)/t19-,21-,27+/m1/s1. The number of aromatic nitrogens is 1. The molecule has 0 saturated heterocycles. The molecule has 2 aromatic heterocycles. The molecule has 0 radical (unpaired) electrons. The third kappa shape index (κ3) is 4.16. The topological polar surface area (TPSA) is 70.7 Å². The summed E-state index contributed by atoms with van der Waals surface area (Å²) in [6.07, 6.45) is 12.5. The van der Waals surface area contributed by atoms with Gasteiger partial charge >= 0.3 is 0 Å². The fourth-order valence-corrected chi connectivity index (χ4v) is 6.44. The lowest BCUT2D eigenvalue weighted by Crippen LogP contribution is -2.66. The summed E-state index contributed by atoms with van der Waals surface area (Å²) in [4.78, 5) is 31.9. The van der Waals surface area contributed by atoms with Crippen molar-refractivity contribution in [2.24, 2.45) is 5.92 Å². The first-order valence-electron chi connectivity index (χ1n) is 13.3. The normalized spacial score (nSPS) is 28.5. The van der Waals surface area contributed by atoms with Crippen LogP contribution in [0.25, 0.3) is 11.1 Å². The Morgan fingerprint density at radius 2 is 1.91 bits per heavy atom. The molecular weight excluding hydrogens is 428 g/mol. The van der Waals surface area contributed by atoms with E-state index in [-0.39, 0.29) is 17.9 Å². The van der Waals surface area contributed by atoms with Crippen molar-refractivity contribution >= 4 is 22.9 Å². The second kappa shape index (κ2) is 9.40. The second-order valence-corrected chi connectivity index (χ2v) is 11.1. The Morgan fingerprint density at radius 1 is 1.18 bits per heavy atom. The Bertz CT molecular complexity index is 1040. The summed E-state index contributed by atoms with van der Waals surface area (Å²) >= 11 is 0. The molecule has 3 heterocycles. The van der Waals surface area contributed by atoms with Crippen LogP contribution in [0.5, 0.6) is 0 Å². The molecule has 7 nitrogen and oxygen atoms in total. The number of carbonyl (C=O) groups is 2. The van der Waals surface area contributed by atoms with Gasteiger partial charge in [0.2, 0.25) is 5.91 Å². The van der Waals surface area contributed by atoms with Crippen molar-refractivity contribution in [2.75, 3.05) is 20.1 Å². The minimum absolute atomic E-state index is 0.0316. The number of nitrogens with one attached hydrogen (secondary N) is 1. The molecule has 2 fully saturated rings. The first-order valence-corrected chi connectivity index (χ1v) is 13.3. The fraction of sp³-hybridized carbons (Fsp3) is 0.704. The second-order valence-electron chi connectivity index (χ2n) is 11.1. The number of nitrogens with zero attached hydrogens (tertiary/aromatic N) is 3. The highest BCUT2D eigenvalue weighted by Crippen LogP contribution is 2.34. The van der Waals surface area contributed by atoms with Crippen LogP contribution in [0.15, 0.2) is 22.8 Å². The minimum Gasteiger partial charge on any atom is -0.463 e. The summed E-state index contributed by atoms with van der Waals surface area (Å²) in [6.45, 7) is 5.94. The van der Waals surface area contributed by atoms with Crippen LogP contribution in [0.4, 0.5) is 0 Å². The number of hydrogen-bond acceptors (Lipinski definition) is 4. The van der Waals surface area contributed by atoms with Gasteiger partial charge < -0.3 is 24.1 Å². The number of fused-ring (bicyclic) bond motifs is 3. The molecule has 2 amide bonds. The third-order valence-corrected chi connectivity index (χ3v) is 8.84. The van der Waals surface area contributed by atoms with Crippen LogP contribution < -0.4 is 5.32 Å². The van der Waals surface area contributed by atoms with Crippen molar-refractivity contribution in [1.29, 1.82) is 0 Å². The largest absolute Gasteiger partial charge is 0.463 e. The lowest BCUT2D eigenvalue weighted by atomic mass is 9.85. The predicted octanol–water partition coefficient (Wildman–Crippen LogP) is 4.41. The Hall–Kier alpha value is -2.28. The molecule has 0 unspecified atom stereocenters. The van der Waals surface area contributed by atoms with Crippen molar-refractivity contribution in [2.45, 2.75) is 95.8 Å². The van der Waals surface area contributed by atoms with Gasteiger partial charge in [-0.05, 0) is 45.6 Å². The summed E-state index contributed by atoms with van der Waals surface area (Å²) in [5.74, 6) is 0.356. The molecule has 3 aliphatic rings. The molecule has 5 rings (SSSR count). The average molecular weight is 469 g/mol. The van der Waals surface area contributed by atoms with E-state index in [2.05, 4.69) is 24.2 Å². The van der Waals surface area contributed by atoms with Crippen LogP contribution in [0.2, 0.25) is 0 Å². The highest BCUT2D eigenvalue weighted by atomic mass is 16.3. The van der Waals surface area contributed by atoms with Crippen molar-refractivity contribution < 1.29 is 14.0 Å². The Morgan fingerprint density at radius 3 is 2.68 bits per heavy atom. The molecule has 0 spiro atoms. The molecule has 2 aliphatic carbocycles. The quantitative estimate of drug-likeness (QED) is 0.682. The number of likely N-dealkylation sites (N-methyl/N-ethyl adjacent to an activating group) is 1. The van der Waals surface area contributed by atoms with E-state index in [0.29, 0.717) is 36.3 Å². The Kier molecular flexibility index (Phi) is 6.49. The van der Waals surface area contributed by atoms with Crippen molar-refractivity contribution in [3.05, 3.63) is 24.1 Å². The van der Waals surface area contributed by atoms with E-state index < -0.39 is 5.54 Å². The lowest BCUT2D eigenvalue weighted by molar-refractivity contribution is -0.134. The van der Waals surface area contributed by atoms with Gasteiger partial charge in [0.15, 0.2) is 5.58 Å². The zero-order valence-corrected chi connectivity index (χ0v) is 21.0. The number of hydrogen-bond donors (Lipinski definition) is 1. The summed E-state index contributed by atoms with van der Waals surface area (Å²) in [5.41, 5.74) is 1.25. The maximum absolute atomic E-state index is 13.9. The van der Waals surface area contributed by atoms with E-state index in [1.54, 1.807) is 6.26 Å². The highest BCUT2D eigenvalue weighted by Gasteiger charge is 2.48. The average Bonchev–Trinajstić information content (AvgIpc) is 3.43. The van der Waals surface area contributed by atoms with Crippen LogP contribution in [0, 0.1) is 5.92 Å². The molecule has 3 atom stereocenters. The van der Waals surface area contributed by atoms with E-state index in [1.807, 2.05) is 28.5 Å². The van der Waals surface area contributed by atoms with Gasteiger partial charge in [0.25, 0.3) is 5.91 Å². The minimum atomic E-state index is -0.947. The summed E-state index contributed by atoms with van der Waals surface area (Å²) in [6, 6.07) is 4.47. The lowest BCUT2D eigenvalue weighted by Gasteiger charge is -2.46. The molecule has 2 saturated carbocycles. The molecule has 0 aromatic carbocycles. The zero-order valence-electron chi connectivity index (χ0n) is 21.0. The van der Waals surface area contributed by atoms with Crippen LogP contribution in [-0.2, 0) is 11.3 Å². The molecule has 7 heteroatoms. The number of furan rings is 1. The highest BCUT2D eigenvalue weighted by molar-refractivity contribution is 6.02. The van der Waals surface area contributed by atoms with Gasteiger partial charge in [0.05, 0.1) is 18.3 Å². The summed E-state index contributed by atoms with van der Waals surface area (Å²) in [5, 5.41) is 3.36. The molecule has 1 aliphatic heterocycles. The van der Waals surface area contributed by atoms with Crippen LogP contribution in [-0.4, -0.2) is 63.9 Å². The Balaban J connectivity index is 1.41. The van der Waals surface area contributed by atoms with E-state index in [1.165, 1.54) is 38.5 Å². The third-order valence-electron chi connectivity index (χ3n) is 8.84. The zero-order chi connectivity index (χ0) is 23.9. The summed E-state index contributed by atoms with van der Waals surface area (Å²) in [7, 11) is 2.17. The van der Waals surface area contributed by atoms with E-state index in [9.17, 15) is 9.59 Å². The molecular formula is C27H40N4O3. The summed E-state index contributed by atoms with van der Waals surface area (Å²) < 4.78 is 7.57. The number of amides is 2. The van der Waals surface area contributed by atoms with Gasteiger partial charge in [-0.25, -0.2) is 0 Å².